The van der Waals surface area contributed by atoms with Gasteiger partial charge in [0.05, 0.1) is 5.52 Å². The van der Waals surface area contributed by atoms with Crippen LogP contribution < -0.4 is 5.43 Å². The number of hydrogen-bond acceptors (Lipinski definition) is 2. The van der Waals surface area contributed by atoms with E-state index in [2.05, 4.69) is 0 Å². The van der Waals surface area contributed by atoms with Gasteiger partial charge in [0.2, 0.25) is 5.43 Å². The number of allylic oxidation sites excluding steroid dienone is 2. The standard InChI is InChI=1S/C16H16FNO3/c1-3-4-5-6-18-9-12(16(20)21)15(19)11-7-10(2)13(17)8-14(11)18/h3-4,7-9H,5-6H2,1-2H3,(H,20,21). The van der Waals surface area contributed by atoms with Crippen LogP contribution >= 0.6 is 0 Å². The minimum atomic E-state index is -1.27. The van der Waals surface area contributed by atoms with Gasteiger partial charge in [0.15, 0.2) is 0 Å². The Labute approximate surface area is 121 Å². The molecule has 0 saturated heterocycles. The van der Waals surface area contributed by atoms with Crippen molar-refractivity contribution in [2.75, 3.05) is 0 Å². The van der Waals surface area contributed by atoms with Gasteiger partial charge in [-0.1, -0.05) is 12.2 Å². The molecule has 1 heterocycles. The molecule has 0 aliphatic heterocycles. The van der Waals surface area contributed by atoms with Crippen molar-refractivity contribution in [3.8, 4) is 0 Å². The van der Waals surface area contributed by atoms with E-state index in [9.17, 15) is 14.0 Å². The third-order valence-electron chi connectivity index (χ3n) is 3.36. The summed E-state index contributed by atoms with van der Waals surface area (Å²) in [5.74, 6) is -1.69. The maximum Gasteiger partial charge on any atom is 0.341 e. The van der Waals surface area contributed by atoms with E-state index in [0.29, 0.717) is 24.0 Å². The third-order valence-corrected chi connectivity index (χ3v) is 3.36. The van der Waals surface area contributed by atoms with Crippen molar-refractivity contribution in [1.82, 2.24) is 4.57 Å². The van der Waals surface area contributed by atoms with Gasteiger partial charge in [0.25, 0.3) is 0 Å². The zero-order valence-corrected chi connectivity index (χ0v) is 11.9. The predicted octanol–water partition coefficient (Wildman–Crippen LogP) is 3.11. The second kappa shape index (κ2) is 5.91. The second-order valence-corrected chi connectivity index (χ2v) is 4.85. The zero-order chi connectivity index (χ0) is 15.6. The molecule has 5 heteroatoms. The van der Waals surface area contributed by atoms with Gasteiger partial charge in [-0.3, -0.25) is 4.79 Å². The first-order valence-corrected chi connectivity index (χ1v) is 6.63. The van der Waals surface area contributed by atoms with Crippen LogP contribution in [0.3, 0.4) is 0 Å². The third kappa shape index (κ3) is 2.86. The summed E-state index contributed by atoms with van der Waals surface area (Å²) in [6.07, 6.45) is 5.76. The fraction of sp³-hybridized carbons (Fsp3) is 0.250. The Kier molecular flexibility index (Phi) is 4.21. The molecule has 1 aromatic heterocycles. The first-order chi connectivity index (χ1) is 9.95. The van der Waals surface area contributed by atoms with Gasteiger partial charge in [0.1, 0.15) is 11.4 Å². The van der Waals surface area contributed by atoms with Crippen LogP contribution in [0.4, 0.5) is 4.39 Å². The van der Waals surface area contributed by atoms with Crippen molar-refractivity contribution >= 4 is 16.9 Å². The molecule has 0 radical (unpaired) electrons. The largest absolute Gasteiger partial charge is 0.477 e. The number of benzene rings is 1. The topological polar surface area (TPSA) is 59.3 Å². The molecular formula is C16H16FNO3. The van der Waals surface area contributed by atoms with Gasteiger partial charge in [-0.15, -0.1) is 0 Å². The fourth-order valence-corrected chi connectivity index (χ4v) is 2.24. The Morgan fingerprint density at radius 3 is 2.76 bits per heavy atom. The summed E-state index contributed by atoms with van der Waals surface area (Å²) in [4.78, 5) is 23.4. The van der Waals surface area contributed by atoms with Crippen molar-refractivity contribution in [3.63, 3.8) is 0 Å². The molecule has 0 atom stereocenters. The normalized spacial score (nSPS) is 11.4. The number of aromatic nitrogens is 1. The molecule has 0 aliphatic rings. The average Bonchev–Trinajstić information content (AvgIpc) is 2.43. The van der Waals surface area contributed by atoms with Gasteiger partial charge >= 0.3 is 5.97 Å². The minimum absolute atomic E-state index is 0.231. The van der Waals surface area contributed by atoms with Crippen LogP contribution in [0.5, 0.6) is 0 Å². The number of fused-ring (bicyclic) bond motifs is 1. The molecule has 0 unspecified atom stereocenters. The summed E-state index contributed by atoms with van der Waals surface area (Å²) in [7, 11) is 0. The molecule has 0 spiro atoms. The highest BCUT2D eigenvalue weighted by atomic mass is 19.1. The number of carbonyl (C=O) groups is 1. The molecule has 0 amide bonds. The van der Waals surface area contributed by atoms with E-state index in [1.165, 1.54) is 18.3 Å². The van der Waals surface area contributed by atoms with Crippen LogP contribution in [0.2, 0.25) is 0 Å². The van der Waals surface area contributed by atoms with E-state index in [0.717, 1.165) is 0 Å². The SMILES string of the molecule is CC=CCCn1cc(C(=O)O)c(=O)c2cc(C)c(F)cc21. The maximum atomic E-state index is 13.8. The van der Waals surface area contributed by atoms with Crippen molar-refractivity contribution in [2.24, 2.45) is 0 Å². The summed E-state index contributed by atoms with van der Waals surface area (Å²) in [6.45, 7) is 3.91. The summed E-state index contributed by atoms with van der Waals surface area (Å²) in [6, 6.07) is 2.69. The summed E-state index contributed by atoms with van der Waals surface area (Å²) < 4.78 is 15.4. The van der Waals surface area contributed by atoms with E-state index in [1.807, 2.05) is 19.1 Å². The molecule has 0 aliphatic carbocycles. The molecule has 2 rings (SSSR count). The summed E-state index contributed by atoms with van der Waals surface area (Å²) in [5, 5.41) is 9.37. The molecular weight excluding hydrogens is 273 g/mol. The lowest BCUT2D eigenvalue weighted by Crippen LogP contribution is -2.19. The van der Waals surface area contributed by atoms with Crippen LogP contribution in [0, 0.1) is 12.7 Å². The van der Waals surface area contributed by atoms with Crippen LogP contribution in [0.25, 0.3) is 10.9 Å². The molecule has 0 bridgehead atoms. The van der Waals surface area contributed by atoms with Crippen molar-refractivity contribution in [2.45, 2.75) is 26.8 Å². The van der Waals surface area contributed by atoms with Gasteiger partial charge in [-0.05, 0) is 38.0 Å². The minimum Gasteiger partial charge on any atom is -0.477 e. The predicted molar refractivity (Wildman–Crippen MR) is 79.3 cm³/mol. The monoisotopic (exact) mass is 289 g/mol. The number of nitrogens with zero attached hydrogens (tertiary/aromatic N) is 1. The average molecular weight is 289 g/mol. The number of aromatic carboxylic acids is 1. The highest BCUT2D eigenvalue weighted by Gasteiger charge is 2.15. The van der Waals surface area contributed by atoms with Crippen LogP contribution in [0.15, 0.2) is 35.3 Å². The number of rotatable bonds is 4. The van der Waals surface area contributed by atoms with Crippen molar-refractivity contribution in [3.05, 3.63) is 57.6 Å². The Morgan fingerprint density at radius 2 is 2.14 bits per heavy atom. The number of carboxylic acid groups (broad SMARTS) is 1. The quantitative estimate of drug-likeness (QED) is 0.880. The number of halogens is 1. The van der Waals surface area contributed by atoms with E-state index < -0.39 is 17.2 Å². The molecule has 0 saturated carbocycles. The van der Waals surface area contributed by atoms with Crippen LogP contribution in [0.1, 0.15) is 29.3 Å². The number of carboxylic acids is 1. The molecule has 21 heavy (non-hydrogen) atoms. The zero-order valence-electron chi connectivity index (χ0n) is 11.9. The lowest BCUT2D eigenvalue weighted by atomic mass is 10.1. The Balaban J connectivity index is 2.75. The maximum absolute atomic E-state index is 13.8. The smallest absolute Gasteiger partial charge is 0.341 e. The Hall–Kier alpha value is -2.43. The molecule has 110 valence electrons. The van der Waals surface area contributed by atoms with Gasteiger partial charge in [-0.25, -0.2) is 9.18 Å². The van der Waals surface area contributed by atoms with Gasteiger partial charge in [0, 0.05) is 18.1 Å². The van der Waals surface area contributed by atoms with E-state index in [4.69, 9.17) is 5.11 Å². The van der Waals surface area contributed by atoms with E-state index >= 15 is 0 Å². The number of pyridine rings is 1. The molecule has 2 aromatic rings. The van der Waals surface area contributed by atoms with Crippen molar-refractivity contribution < 1.29 is 14.3 Å². The highest BCUT2D eigenvalue weighted by Crippen LogP contribution is 2.18. The van der Waals surface area contributed by atoms with Gasteiger partial charge < -0.3 is 9.67 Å². The van der Waals surface area contributed by atoms with E-state index in [1.54, 1.807) is 11.5 Å². The van der Waals surface area contributed by atoms with Crippen LogP contribution in [-0.4, -0.2) is 15.6 Å². The Bertz CT molecular complexity index is 790. The summed E-state index contributed by atoms with van der Waals surface area (Å²) >= 11 is 0. The van der Waals surface area contributed by atoms with E-state index in [-0.39, 0.29) is 10.9 Å². The molecule has 0 fully saturated rings. The Morgan fingerprint density at radius 1 is 1.43 bits per heavy atom. The first-order valence-electron chi connectivity index (χ1n) is 6.63. The number of hydrogen-bond donors (Lipinski definition) is 1. The molecule has 1 aromatic carbocycles. The highest BCUT2D eigenvalue weighted by molar-refractivity contribution is 5.92. The summed E-state index contributed by atoms with van der Waals surface area (Å²) in [5.41, 5.74) is -0.142. The first kappa shape index (κ1) is 15.0. The number of aryl methyl sites for hydroxylation is 2. The van der Waals surface area contributed by atoms with Crippen LogP contribution in [-0.2, 0) is 6.54 Å². The van der Waals surface area contributed by atoms with Gasteiger partial charge in [-0.2, -0.15) is 0 Å². The lowest BCUT2D eigenvalue weighted by molar-refractivity contribution is 0.0695. The molecule has 4 nitrogen and oxygen atoms in total. The van der Waals surface area contributed by atoms with Crippen molar-refractivity contribution in [1.29, 1.82) is 0 Å². The lowest BCUT2D eigenvalue weighted by Gasteiger charge is -2.12. The fourth-order valence-electron chi connectivity index (χ4n) is 2.24. The second-order valence-electron chi connectivity index (χ2n) is 4.85. The molecule has 1 N–H and O–H groups in total.